The highest BCUT2D eigenvalue weighted by atomic mass is 16.5. The average molecular weight is 170 g/mol. The summed E-state index contributed by atoms with van der Waals surface area (Å²) < 4.78 is 9.33. The zero-order valence-corrected chi connectivity index (χ0v) is 7.45. The summed E-state index contributed by atoms with van der Waals surface area (Å²) in [4.78, 5) is 10.7. The Morgan fingerprint density at radius 1 is 1.33 bits per heavy atom. The smallest absolute Gasteiger partial charge is 0.310 e. The molecule has 0 amide bonds. The number of ether oxygens (including phenoxy) is 2. The zero-order chi connectivity index (χ0) is 9.23. The molecular weight excluding hydrogens is 156 g/mol. The molecule has 0 heterocycles. The van der Waals surface area contributed by atoms with E-state index in [9.17, 15) is 4.79 Å². The lowest BCUT2D eigenvalue weighted by atomic mass is 10.3. The van der Waals surface area contributed by atoms with Crippen LogP contribution in [0.15, 0.2) is 24.7 Å². The molecule has 3 heteroatoms. The molecule has 3 nitrogen and oxygen atoms in total. The van der Waals surface area contributed by atoms with Gasteiger partial charge in [0.1, 0.15) is 0 Å². The van der Waals surface area contributed by atoms with Gasteiger partial charge < -0.3 is 9.47 Å². The topological polar surface area (TPSA) is 35.5 Å². The fraction of sp³-hybridized carbons (Fsp3) is 0.444. The summed E-state index contributed by atoms with van der Waals surface area (Å²) in [7, 11) is 1.55. The molecular formula is C9H14O3. The van der Waals surface area contributed by atoms with Gasteiger partial charge in [0.05, 0.1) is 19.6 Å². The Balaban J connectivity index is 3.46. The normalized spacial score (nSPS) is 10.8. The summed E-state index contributed by atoms with van der Waals surface area (Å²) in [6, 6.07) is 0. The van der Waals surface area contributed by atoms with Crippen molar-refractivity contribution in [2.45, 2.75) is 19.8 Å². The molecule has 0 unspecified atom stereocenters. The van der Waals surface area contributed by atoms with Gasteiger partial charge in [0, 0.05) is 6.42 Å². The Hall–Kier alpha value is -1.25. The van der Waals surface area contributed by atoms with Gasteiger partial charge in [-0.15, -0.1) is 0 Å². The van der Waals surface area contributed by atoms with E-state index in [1.807, 2.05) is 6.92 Å². The van der Waals surface area contributed by atoms with Crippen molar-refractivity contribution in [3.63, 3.8) is 0 Å². The van der Waals surface area contributed by atoms with Gasteiger partial charge in [0.2, 0.25) is 0 Å². The van der Waals surface area contributed by atoms with Crippen LogP contribution >= 0.6 is 0 Å². The van der Waals surface area contributed by atoms with E-state index in [1.54, 1.807) is 19.3 Å². The van der Waals surface area contributed by atoms with Crippen LogP contribution < -0.4 is 0 Å². The Bertz CT molecular complexity index is 171. The lowest BCUT2D eigenvalue weighted by Gasteiger charge is -1.93. The first-order valence-corrected chi connectivity index (χ1v) is 3.85. The molecule has 0 atom stereocenters. The van der Waals surface area contributed by atoms with Gasteiger partial charge in [-0.2, -0.15) is 0 Å². The quantitative estimate of drug-likeness (QED) is 0.359. The second kappa shape index (κ2) is 7.85. The highest BCUT2D eigenvalue weighted by Crippen LogP contribution is 1.91. The van der Waals surface area contributed by atoms with E-state index in [0.29, 0.717) is 6.42 Å². The average Bonchev–Trinajstić information content (AvgIpc) is 2.05. The summed E-state index contributed by atoms with van der Waals surface area (Å²) in [5.74, 6) is -0.209. The van der Waals surface area contributed by atoms with Crippen LogP contribution in [0.1, 0.15) is 19.8 Å². The van der Waals surface area contributed by atoms with Crippen LogP contribution in [0.3, 0.4) is 0 Å². The number of rotatable bonds is 5. The van der Waals surface area contributed by atoms with E-state index >= 15 is 0 Å². The molecule has 0 bridgehead atoms. The fourth-order valence-corrected chi connectivity index (χ4v) is 0.548. The van der Waals surface area contributed by atoms with Crippen LogP contribution in [0.5, 0.6) is 0 Å². The van der Waals surface area contributed by atoms with E-state index in [0.717, 1.165) is 6.42 Å². The van der Waals surface area contributed by atoms with Gasteiger partial charge in [0.25, 0.3) is 0 Å². The molecule has 0 rings (SSSR count). The fourth-order valence-electron chi connectivity index (χ4n) is 0.548. The first kappa shape index (κ1) is 10.8. The van der Waals surface area contributed by atoms with Crippen LogP contribution in [-0.4, -0.2) is 13.1 Å². The van der Waals surface area contributed by atoms with Crippen molar-refractivity contribution in [3.05, 3.63) is 24.7 Å². The van der Waals surface area contributed by atoms with E-state index < -0.39 is 0 Å². The van der Waals surface area contributed by atoms with Gasteiger partial charge in [-0.05, 0) is 18.6 Å². The van der Waals surface area contributed by atoms with Crippen LogP contribution in [0.2, 0.25) is 0 Å². The van der Waals surface area contributed by atoms with Crippen molar-refractivity contribution in [1.82, 2.24) is 0 Å². The number of hydrogen-bond acceptors (Lipinski definition) is 3. The third-order valence-corrected chi connectivity index (χ3v) is 1.06. The second-order valence-electron chi connectivity index (χ2n) is 2.13. The zero-order valence-electron chi connectivity index (χ0n) is 7.45. The summed E-state index contributed by atoms with van der Waals surface area (Å²) >= 11 is 0. The molecule has 0 aromatic rings. The maximum absolute atomic E-state index is 10.7. The van der Waals surface area contributed by atoms with Gasteiger partial charge >= 0.3 is 5.97 Å². The monoisotopic (exact) mass is 170 g/mol. The van der Waals surface area contributed by atoms with Crippen LogP contribution in [0.4, 0.5) is 0 Å². The molecule has 0 aromatic heterocycles. The summed E-state index contributed by atoms with van der Waals surface area (Å²) in [5.41, 5.74) is 0. The predicted molar refractivity (Wildman–Crippen MR) is 46.3 cm³/mol. The molecule has 0 aliphatic heterocycles. The lowest BCUT2D eigenvalue weighted by Crippen LogP contribution is -1.97. The Labute approximate surface area is 72.7 Å². The predicted octanol–water partition coefficient (Wildman–Crippen LogP) is 2.00. The van der Waals surface area contributed by atoms with Gasteiger partial charge in [-0.1, -0.05) is 6.92 Å². The Kier molecular flexibility index (Phi) is 7.03. The molecule has 0 radical (unpaired) electrons. The number of methoxy groups -OCH3 is 1. The molecule has 0 saturated heterocycles. The molecule has 0 spiro atoms. The Morgan fingerprint density at radius 2 is 2.00 bits per heavy atom. The van der Waals surface area contributed by atoms with Crippen molar-refractivity contribution in [1.29, 1.82) is 0 Å². The van der Waals surface area contributed by atoms with E-state index in [4.69, 9.17) is 4.74 Å². The maximum Gasteiger partial charge on any atom is 0.310 e. The second-order valence-corrected chi connectivity index (χ2v) is 2.13. The third-order valence-electron chi connectivity index (χ3n) is 1.06. The molecule has 0 N–H and O–H groups in total. The van der Waals surface area contributed by atoms with E-state index in [2.05, 4.69) is 4.74 Å². The van der Waals surface area contributed by atoms with E-state index in [1.165, 1.54) is 12.5 Å². The summed E-state index contributed by atoms with van der Waals surface area (Å²) in [6.07, 6.45) is 7.33. The van der Waals surface area contributed by atoms with Crippen molar-refractivity contribution < 1.29 is 14.3 Å². The van der Waals surface area contributed by atoms with Crippen LogP contribution in [0.25, 0.3) is 0 Å². The minimum atomic E-state index is -0.209. The largest absolute Gasteiger partial charge is 0.504 e. The molecule has 12 heavy (non-hydrogen) atoms. The van der Waals surface area contributed by atoms with Gasteiger partial charge in [-0.3, -0.25) is 4.79 Å². The SMILES string of the molecule is CCCC(=O)O/C=C\C=C/OC. The standard InChI is InChI=1S/C9H14O3/c1-3-6-9(10)12-8-5-4-7-11-2/h4-5,7-8H,3,6H2,1-2H3/b7-4-,8-5-. The van der Waals surface area contributed by atoms with Crippen molar-refractivity contribution in [2.75, 3.05) is 7.11 Å². The first-order chi connectivity index (χ1) is 5.81. The maximum atomic E-state index is 10.7. The Morgan fingerprint density at radius 3 is 2.58 bits per heavy atom. The van der Waals surface area contributed by atoms with Gasteiger partial charge in [-0.25, -0.2) is 0 Å². The highest BCUT2D eigenvalue weighted by Gasteiger charge is 1.95. The lowest BCUT2D eigenvalue weighted by molar-refractivity contribution is -0.138. The number of carbonyl (C=O) groups excluding carboxylic acids is 1. The molecule has 0 aliphatic rings. The van der Waals surface area contributed by atoms with Crippen LogP contribution in [0, 0.1) is 0 Å². The van der Waals surface area contributed by atoms with E-state index in [-0.39, 0.29) is 5.97 Å². The molecule has 0 aliphatic carbocycles. The first-order valence-electron chi connectivity index (χ1n) is 3.85. The number of esters is 1. The van der Waals surface area contributed by atoms with Crippen LogP contribution in [-0.2, 0) is 14.3 Å². The molecule has 0 fully saturated rings. The third kappa shape index (κ3) is 6.86. The van der Waals surface area contributed by atoms with Crippen molar-refractivity contribution in [2.24, 2.45) is 0 Å². The molecule has 0 aromatic carbocycles. The number of allylic oxidation sites excluding steroid dienone is 2. The van der Waals surface area contributed by atoms with Crippen molar-refractivity contribution >= 4 is 5.97 Å². The molecule has 68 valence electrons. The molecule has 0 saturated carbocycles. The number of hydrogen-bond donors (Lipinski definition) is 0. The highest BCUT2D eigenvalue weighted by molar-refractivity contribution is 5.69. The summed E-state index contributed by atoms with van der Waals surface area (Å²) in [6.45, 7) is 1.93. The minimum Gasteiger partial charge on any atom is -0.504 e. The van der Waals surface area contributed by atoms with Gasteiger partial charge in [0.15, 0.2) is 0 Å². The summed E-state index contributed by atoms with van der Waals surface area (Å²) in [5, 5.41) is 0. The number of carbonyl (C=O) groups is 1. The van der Waals surface area contributed by atoms with Crippen molar-refractivity contribution in [3.8, 4) is 0 Å². The minimum absolute atomic E-state index is 0.209.